The molecule has 6 nitrogen and oxygen atoms in total. The van der Waals surface area contributed by atoms with Crippen LogP contribution in [-0.2, 0) is 4.79 Å². The SMILES string of the molecule is CCCCCC(=O)NC(=S)Nc1cc(NC(=O)c2ccco2)ccc1C. The number of nitrogens with one attached hydrogen (secondary N) is 3. The molecule has 138 valence electrons. The maximum absolute atomic E-state index is 12.1. The molecule has 2 rings (SSSR count). The zero-order valence-electron chi connectivity index (χ0n) is 14.9. The molecule has 2 aromatic rings. The maximum Gasteiger partial charge on any atom is 0.291 e. The zero-order chi connectivity index (χ0) is 18.9. The van der Waals surface area contributed by atoms with Crippen LogP contribution >= 0.6 is 12.2 Å². The Kier molecular flexibility index (Phi) is 7.35. The average Bonchev–Trinajstić information content (AvgIpc) is 3.12. The Hall–Kier alpha value is -2.67. The van der Waals surface area contributed by atoms with E-state index in [-0.39, 0.29) is 22.7 Å². The summed E-state index contributed by atoms with van der Waals surface area (Å²) in [6, 6.07) is 8.63. The van der Waals surface area contributed by atoms with E-state index < -0.39 is 0 Å². The van der Waals surface area contributed by atoms with E-state index in [0.717, 1.165) is 24.8 Å². The van der Waals surface area contributed by atoms with Gasteiger partial charge in [0.05, 0.1) is 6.26 Å². The van der Waals surface area contributed by atoms with Crippen LogP contribution in [0.25, 0.3) is 0 Å². The molecular formula is C19H23N3O3S. The second-order valence-electron chi connectivity index (χ2n) is 5.92. The molecule has 0 atom stereocenters. The van der Waals surface area contributed by atoms with Crippen LogP contribution in [0.2, 0.25) is 0 Å². The van der Waals surface area contributed by atoms with Gasteiger partial charge in [-0.1, -0.05) is 25.8 Å². The first kappa shape index (κ1) is 19.7. The Morgan fingerprint density at radius 1 is 1.15 bits per heavy atom. The minimum atomic E-state index is -0.336. The number of aryl methyl sites for hydroxylation is 1. The van der Waals surface area contributed by atoms with Crippen molar-refractivity contribution in [1.82, 2.24) is 5.32 Å². The quantitative estimate of drug-likeness (QED) is 0.500. The highest BCUT2D eigenvalue weighted by atomic mass is 32.1. The number of amides is 2. The molecule has 26 heavy (non-hydrogen) atoms. The van der Waals surface area contributed by atoms with E-state index in [1.165, 1.54) is 6.26 Å². The molecular weight excluding hydrogens is 350 g/mol. The Bertz CT molecular complexity index is 772. The zero-order valence-corrected chi connectivity index (χ0v) is 15.7. The summed E-state index contributed by atoms with van der Waals surface area (Å²) in [7, 11) is 0. The van der Waals surface area contributed by atoms with Gasteiger partial charge in [-0.2, -0.15) is 0 Å². The molecule has 3 N–H and O–H groups in total. The lowest BCUT2D eigenvalue weighted by molar-refractivity contribution is -0.119. The molecule has 0 bridgehead atoms. The van der Waals surface area contributed by atoms with Crippen LogP contribution < -0.4 is 16.0 Å². The highest BCUT2D eigenvalue weighted by Gasteiger charge is 2.11. The van der Waals surface area contributed by atoms with Crippen molar-refractivity contribution in [2.45, 2.75) is 39.5 Å². The predicted octanol–water partition coefficient (Wildman–Crippen LogP) is 4.23. The molecule has 0 spiro atoms. The molecule has 0 unspecified atom stereocenters. The molecule has 0 aliphatic rings. The van der Waals surface area contributed by atoms with E-state index in [2.05, 4.69) is 22.9 Å². The first-order chi connectivity index (χ1) is 12.5. The predicted molar refractivity (Wildman–Crippen MR) is 106 cm³/mol. The molecule has 0 radical (unpaired) electrons. The number of hydrogen-bond donors (Lipinski definition) is 3. The fraction of sp³-hybridized carbons (Fsp3) is 0.316. The monoisotopic (exact) mass is 373 g/mol. The van der Waals surface area contributed by atoms with Crippen molar-refractivity contribution in [2.75, 3.05) is 10.6 Å². The van der Waals surface area contributed by atoms with E-state index in [9.17, 15) is 9.59 Å². The highest BCUT2D eigenvalue weighted by molar-refractivity contribution is 7.80. The van der Waals surface area contributed by atoms with E-state index in [4.69, 9.17) is 16.6 Å². The molecule has 0 fully saturated rings. The number of benzene rings is 1. The number of carbonyl (C=O) groups excluding carboxylic acids is 2. The third-order valence-corrected chi connectivity index (χ3v) is 3.95. The van der Waals surface area contributed by atoms with Crippen molar-refractivity contribution in [3.05, 3.63) is 47.9 Å². The number of thiocarbonyl (C=S) groups is 1. The van der Waals surface area contributed by atoms with Gasteiger partial charge >= 0.3 is 0 Å². The van der Waals surface area contributed by atoms with Gasteiger partial charge in [0.15, 0.2) is 10.9 Å². The molecule has 0 saturated carbocycles. The normalized spacial score (nSPS) is 10.2. The molecule has 0 saturated heterocycles. The molecule has 1 aromatic carbocycles. The molecule has 0 aliphatic heterocycles. The summed E-state index contributed by atoms with van der Waals surface area (Å²) in [5.74, 6) is -0.206. The summed E-state index contributed by atoms with van der Waals surface area (Å²) in [6.07, 6.45) is 4.82. The number of furan rings is 1. The van der Waals surface area contributed by atoms with E-state index in [1.807, 2.05) is 13.0 Å². The Morgan fingerprint density at radius 3 is 2.65 bits per heavy atom. The van der Waals surface area contributed by atoms with Crippen molar-refractivity contribution in [3.8, 4) is 0 Å². The fourth-order valence-electron chi connectivity index (χ4n) is 2.31. The summed E-state index contributed by atoms with van der Waals surface area (Å²) < 4.78 is 5.07. The second-order valence-corrected chi connectivity index (χ2v) is 6.33. The number of hydrogen-bond acceptors (Lipinski definition) is 4. The minimum absolute atomic E-state index is 0.101. The van der Waals surface area contributed by atoms with E-state index in [1.54, 1.807) is 24.3 Å². The van der Waals surface area contributed by atoms with Crippen LogP contribution in [0.3, 0.4) is 0 Å². The Balaban J connectivity index is 1.95. The van der Waals surface area contributed by atoms with Gasteiger partial charge in [-0.3, -0.25) is 9.59 Å². The summed E-state index contributed by atoms with van der Waals surface area (Å²) >= 11 is 5.20. The molecule has 7 heteroatoms. The topological polar surface area (TPSA) is 83.4 Å². The Morgan fingerprint density at radius 2 is 1.96 bits per heavy atom. The minimum Gasteiger partial charge on any atom is -0.459 e. The lowest BCUT2D eigenvalue weighted by Gasteiger charge is -2.13. The van der Waals surface area contributed by atoms with Crippen LogP contribution in [0.5, 0.6) is 0 Å². The third kappa shape index (κ3) is 6.00. The van der Waals surface area contributed by atoms with Crippen molar-refractivity contribution in [3.63, 3.8) is 0 Å². The lowest BCUT2D eigenvalue weighted by Crippen LogP contribution is -2.34. The number of unbranched alkanes of at least 4 members (excludes halogenated alkanes) is 2. The first-order valence-electron chi connectivity index (χ1n) is 8.56. The van der Waals surface area contributed by atoms with Gasteiger partial charge in [0.1, 0.15) is 0 Å². The van der Waals surface area contributed by atoms with Crippen molar-refractivity contribution < 1.29 is 14.0 Å². The number of anilines is 2. The van der Waals surface area contributed by atoms with Crippen LogP contribution in [0.4, 0.5) is 11.4 Å². The highest BCUT2D eigenvalue weighted by Crippen LogP contribution is 2.21. The summed E-state index contributed by atoms with van der Waals surface area (Å²) in [6.45, 7) is 4.00. The van der Waals surface area contributed by atoms with Crippen LogP contribution in [0.15, 0.2) is 41.0 Å². The number of carbonyl (C=O) groups is 2. The van der Waals surface area contributed by atoms with Crippen molar-refractivity contribution in [2.24, 2.45) is 0 Å². The van der Waals surface area contributed by atoms with Crippen LogP contribution in [0.1, 0.15) is 48.7 Å². The van der Waals surface area contributed by atoms with Crippen LogP contribution in [0, 0.1) is 6.92 Å². The summed E-state index contributed by atoms with van der Waals surface area (Å²) in [5, 5.41) is 8.68. The van der Waals surface area contributed by atoms with Gasteiger partial charge in [0.2, 0.25) is 5.91 Å². The van der Waals surface area contributed by atoms with Gasteiger partial charge < -0.3 is 20.4 Å². The molecule has 1 heterocycles. The summed E-state index contributed by atoms with van der Waals surface area (Å²) in [5.41, 5.74) is 2.24. The second kappa shape index (κ2) is 9.72. The molecule has 0 aliphatic carbocycles. The lowest BCUT2D eigenvalue weighted by atomic mass is 10.1. The van der Waals surface area contributed by atoms with E-state index in [0.29, 0.717) is 17.8 Å². The van der Waals surface area contributed by atoms with Gasteiger partial charge in [-0.05, 0) is 55.4 Å². The average molecular weight is 373 g/mol. The van der Waals surface area contributed by atoms with Gasteiger partial charge in [-0.25, -0.2) is 0 Å². The van der Waals surface area contributed by atoms with Crippen LogP contribution in [-0.4, -0.2) is 16.9 Å². The maximum atomic E-state index is 12.1. The fourth-order valence-corrected chi connectivity index (χ4v) is 2.54. The third-order valence-electron chi connectivity index (χ3n) is 3.75. The number of rotatable bonds is 7. The largest absolute Gasteiger partial charge is 0.459 e. The van der Waals surface area contributed by atoms with Gasteiger partial charge in [0, 0.05) is 17.8 Å². The Labute approximate surface area is 158 Å². The molecule has 1 aromatic heterocycles. The van der Waals surface area contributed by atoms with Crippen molar-refractivity contribution >= 4 is 40.5 Å². The van der Waals surface area contributed by atoms with Gasteiger partial charge in [0.25, 0.3) is 5.91 Å². The van der Waals surface area contributed by atoms with Gasteiger partial charge in [-0.15, -0.1) is 0 Å². The first-order valence-corrected chi connectivity index (χ1v) is 8.96. The molecule has 2 amide bonds. The van der Waals surface area contributed by atoms with E-state index >= 15 is 0 Å². The standard InChI is InChI=1S/C19H23N3O3S/c1-3-4-5-8-17(23)22-19(26)21-15-12-14(10-9-13(15)2)20-18(24)16-7-6-11-25-16/h6-7,9-12H,3-5,8H2,1-2H3,(H,20,24)(H2,21,22,23,26). The summed E-state index contributed by atoms with van der Waals surface area (Å²) in [4.78, 5) is 23.9. The smallest absolute Gasteiger partial charge is 0.291 e. The van der Waals surface area contributed by atoms with Crippen molar-refractivity contribution in [1.29, 1.82) is 0 Å².